The van der Waals surface area contributed by atoms with E-state index in [9.17, 15) is 9.59 Å². The molecule has 0 fully saturated rings. The van der Waals surface area contributed by atoms with Gasteiger partial charge in [0.05, 0.1) is 10.7 Å². The van der Waals surface area contributed by atoms with E-state index in [0.717, 1.165) is 9.75 Å². The lowest BCUT2D eigenvalue weighted by atomic mass is 10.2. The van der Waals surface area contributed by atoms with Crippen molar-refractivity contribution in [3.63, 3.8) is 0 Å². The van der Waals surface area contributed by atoms with Gasteiger partial charge in [0.15, 0.2) is 0 Å². The van der Waals surface area contributed by atoms with Gasteiger partial charge in [0.25, 0.3) is 0 Å². The summed E-state index contributed by atoms with van der Waals surface area (Å²) in [5, 5.41) is 5.42. The number of aryl methyl sites for hydroxylation is 1. The van der Waals surface area contributed by atoms with E-state index >= 15 is 0 Å². The molecule has 1 atom stereocenters. The molecule has 0 spiro atoms. The first-order valence-electron chi connectivity index (χ1n) is 6.94. The fourth-order valence-electron chi connectivity index (χ4n) is 1.93. The highest BCUT2D eigenvalue weighted by molar-refractivity contribution is 7.12. The quantitative estimate of drug-likeness (QED) is 0.812. The minimum Gasteiger partial charge on any atom is -0.374 e. The van der Waals surface area contributed by atoms with Crippen molar-refractivity contribution in [2.75, 3.05) is 19.0 Å². The second kappa shape index (κ2) is 8.10. The van der Waals surface area contributed by atoms with Gasteiger partial charge in [0.1, 0.15) is 6.10 Å². The summed E-state index contributed by atoms with van der Waals surface area (Å²) in [4.78, 5) is 25.9. The maximum atomic E-state index is 11.9. The first-order valence-corrected chi connectivity index (χ1v) is 8.13. The third-order valence-electron chi connectivity index (χ3n) is 3.14. The zero-order chi connectivity index (χ0) is 16.8. The second-order valence-corrected chi connectivity index (χ2v) is 6.54. The van der Waals surface area contributed by atoms with Gasteiger partial charge in [-0.2, -0.15) is 0 Å². The molecule has 0 saturated carbocycles. The van der Waals surface area contributed by atoms with Crippen molar-refractivity contribution in [3.8, 4) is 0 Å². The predicted octanol–water partition coefficient (Wildman–Crippen LogP) is 3.15. The molecule has 7 heteroatoms. The monoisotopic (exact) mass is 352 g/mol. The highest BCUT2D eigenvalue weighted by Gasteiger charge is 2.18. The minimum atomic E-state index is -0.768. The minimum absolute atomic E-state index is 0.214. The Kier molecular flexibility index (Phi) is 6.15. The molecule has 1 unspecified atom stereocenters. The fourth-order valence-corrected chi connectivity index (χ4v) is 3.07. The van der Waals surface area contributed by atoms with Crippen molar-refractivity contribution >= 4 is 40.4 Å². The molecule has 2 amide bonds. The molecule has 2 rings (SSSR count). The summed E-state index contributed by atoms with van der Waals surface area (Å²) in [6, 6.07) is 10.7. The predicted molar refractivity (Wildman–Crippen MR) is 91.9 cm³/mol. The SMILES string of the molecule is COC(CNC(=O)C(=O)Nc1ccccc1Cl)c1ccc(C)s1. The summed E-state index contributed by atoms with van der Waals surface area (Å²) in [7, 11) is 1.57. The molecule has 0 aliphatic rings. The largest absolute Gasteiger partial charge is 0.374 e. The summed E-state index contributed by atoms with van der Waals surface area (Å²) in [6.45, 7) is 2.21. The van der Waals surface area contributed by atoms with Gasteiger partial charge in [-0.3, -0.25) is 9.59 Å². The third kappa shape index (κ3) is 4.79. The Morgan fingerprint density at radius 2 is 1.96 bits per heavy atom. The number of benzene rings is 1. The Morgan fingerprint density at radius 1 is 1.22 bits per heavy atom. The molecule has 1 aromatic heterocycles. The van der Waals surface area contributed by atoms with Crippen LogP contribution >= 0.6 is 22.9 Å². The Hall–Kier alpha value is -1.89. The van der Waals surface area contributed by atoms with Crippen molar-refractivity contribution in [3.05, 3.63) is 51.2 Å². The van der Waals surface area contributed by atoms with Crippen LogP contribution in [-0.2, 0) is 14.3 Å². The number of para-hydroxylation sites is 1. The highest BCUT2D eigenvalue weighted by Crippen LogP contribution is 2.24. The van der Waals surface area contributed by atoms with Crippen LogP contribution in [0.15, 0.2) is 36.4 Å². The highest BCUT2D eigenvalue weighted by atomic mass is 35.5. The molecular formula is C16H17ClN2O3S. The number of anilines is 1. The standard InChI is InChI=1S/C16H17ClN2O3S/c1-10-7-8-14(23-10)13(22-2)9-18-15(20)16(21)19-12-6-4-3-5-11(12)17/h3-8,13H,9H2,1-2H3,(H,18,20)(H,19,21). The van der Waals surface area contributed by atoms with Crippen LogP contribution in [0.3, 0.4) is 0 Å². The van der Waals surface area contributed by atoms with Gasteiger partial charge >= 0.3 is 11.8 Å². The van der Waals surface area contributed by atoms with Gasteiger partial charge in [-0.25, -0.2) is 0 Å². The van der Waals surface area contributed by atoms with Crippen molar-refractivity contribution in [2.45, 2.75) is 13.0 Å². The van der Waals surface area contributed by atoms with Crippen LogP contribution in [0.4, 0.5) is 5.69 Å². The molecular weight excluding hydrogens is 336 g/mol. The van der Waals surface area contributed by atoms with Crippen LogP contribution in [0.25, 0.3) is 0 Å². The lowest BCUT2D eigenvalue weighted by molar-refractivity contribution is -0.136. The normalized spacial score (nSPS) is 11.8. The molecule has 122 valence electrons. The van der Waals surface area contributed by atoms with Crippen molar-refractivity contribution < 1.29 is 14.3 Å². The average Bonchev–Trinajstić information content (AvgIpc) is 2.96. The van der Waals surface area contributed by atoms with Gasteiger partial charge in [0, 0.05) is 23.4 Å². The van der Waals surface area contributed by atoms with Crippen LogP contribution in [0, 0.1) is 6.92 Å². The number of methoxy groups -OCH3 is 1. The van der Waals surface area contributed by atoms with E-state index in [1.165, 1.54) is 0 Å². The zero-order valence-electron chi connectivity index (χ0n) is 12.8. The Balaban J connectivity index is 1.91. The van der Waals surface area contributed by atoms with Gasteiger partial charge in [-0.15, -0.1) is 11.3 Å². The van der Waals surface area contributed by atoms with Crippen molar-refractivity contribution in [1.82, 2.24) is 5.32 Å². The number of hydrogen-bond donors (Lipinski definition) is 2. The van der Waals surface area contributed by atoms with E-state index in [0.29, 0.717) is 10.7 Å². The molecule has 5 nitrogen and oxygen atoms in total. The van der Waals surface area contributed by atoms with E-state index in [4.69, 9.17) is 16.3 Å². The van der Waals surface area contributed by atoms with Crippen LogP contribution in [0.5, 0.6) is 0 Å². The first kappa shape index (κ1) is 17.5. The average molecular weight is 353 g/mol. The maximum absolute atomic E-state index is 11.9. The van der Waals surface area contributed by atoms with Gasteiger partial charge < -0.3 is 15.4 Å². The number of hydrogen-bond acceptors (Lipinski definition) is 4. The molecule has 1 heterocycles. The molecule has 1 aromatic carbocycles. The molecule has 23 heavy (non-hydrogen) atoms. The number of carbonyl (C=O) groups is 2. The summed E-state index contributed by atoms with van der Waals surface area (Å²) >= 11 is 7.53. The summed E-state index contributed by atoms with van der Waals surface area (Å²) in [5.74, 6) is -1.50. The summed E-state index contributed by atoms with van der Waals surface area (Å²) in [5.41, 5.74) is 0.395. The number of amides is 2. The van der Waals surface area contributed by atoms with Crippen LogP contribution in [0.2, 0.25) is 5.02 Å². The molecule has 0 radical (unpaired) electrons. The maximum Gasteiger partial charge on any atom is 0.313 e. The Labute approximate surface area is 143 Å². The van der Waals surface area contributed by atoms with Crippen LogP contribution < -0.4 is 10.6 Å². The number of nitrogens with one attached hydrogen (secondary N) is 2. The fraction of sp³-hybridized carbons (Fsp3) is 0.250. The summed E-state index contributed by atoms with van der Waals surface area (Å²) < 4.78 is 5.36. The number of ether oxygens (including phenoxy) is 1. The second-order valence-electron chi connectivity index (χ2n) is 4.82. The van der Waals surface area contributed by atoms with Crippen LogP contribution in [0.1, 0.15) is 15.9 Å². The Bertz CT molecular complexity index is 702. The number of rotatable bonds is 5. The van der Waals surface area contributed by atoms with E-state index in [1.54, 1.807) is 42.7 Å². The molecule has 0 aliphatic carbocycles. The number of carbonyl (C=O) groups excluding carboxylic acids is 2. The van der Waals surface area contributed by atoms with Crippen molar-refractivity contribution in [2.24, 2.45) is 0 Å². The smallest absolute Gasteiger partial charge is 0.313 e. The molecule has 0 saturated heterocycles. The zero-order valence-corrected chi connectivity index (χ0v) is 14.3. The van der Waals surface area contributed by atoms with E-state index in [1.807, 2.05) is 19.1 Å². The van der Waals surface area contributed by atoms with Gasteiger partial charge in [-0.05, 0) is 31.2 Å². The Morgan fingerprint density at radius 3 is 2.57 bits per heavy atom. The lowest BCUT2D eigenvalue weighted by Crippen LogP contribution is -2.37. The van der Waals surface area contributed by atoms with E-state index in [-0.39, 0.29) is 12.6 Å². The summed E-state index contributed by atoms with van der Waals surface area (Å²) in [6.07, 6.45) is -0.286. The molecule has 0 aliphatic heterocycles. The first-order chi connectivity index (χ1) is 11.0. The van der Waals surface area contributed by atoms with E-state index < -0.39 is 11.8 Å². The van der Waals surface area contributed by atoms with Gasteiger partial charge in [0.2, 0.25) is 0 Å². The number of halogens is 1. The molecule has 2 N–H and O–H groups in total. The lowest BCUT2D eigenvalue weighted by Gasteiger charge is -2.14. The van der Waals surface area contributed by atoms with Crippen molar-refractivity contribution in [1.29, 1.82) is 0 Å². The number of thiophene rings is 1. The topological polar surface area (TPSA) is 67.4 Å². The molecule has 0 bridgehead atoms. The molecule has 2 aromatic rings. The van der Waals surface area contributed by atoms with E-state index in [2.05, 4.69) is 10.6 Å². The van der Waals surface area contributed by atoms with Gasteiger partial charge in [-0.1, -0.05) is 23.7 Å². The third-order valence-corrected chi connectivity index (χ3v) is 4.56. The van der Waals surface area contributed by atoms with Crippen LogP contribution in [-0.4, -0.2) is 25.5 Å².